The van der Waals surface area contributed by atoms with Crippen LogP contribution in [-0.2, 0) is 12.8 Å². The second-order valence-electron chi connectivity index (χ2n) is 20.7. The molecule has 65 heavy (non-hydrogen) atoms. The zero-order valence-corrected chi connectivity index (χ0v) is 36.8. The average molecular weight is 859 g/mol. The number of rotatable bonds is 13. The average Bonchev–Trinajstić information content (AvgIpc) is 4.21. The Morgan fingerprint density at radius 1 is 0.646 bits per heavy atom. The first-order valence-electron chi connectivity index (χ1n) is 24.2. The molecule has 4 aromatic carbocycles. The van der Waals surface area contributed by atoms with Crippen molar-refractivity contribution in [3.63, 3.8) is 0 Å². The van der Waals surface area contributed by atoms with Gasteiger partial charge in [0, 0.05) is 51.9 Å². The molecule has 326 valence electrons. The number of ether oxygens (including phenoxy) is 2. The topological polar surface area (TPSA) is 78.9 Å². The van der Waals surface area contributed by atoms with Crippen LogP contribution in [0.15, 0.2) is 152 Å². The van der Waals surface area contributed by atoms with Crippen molar-refractivity contribution in [3.8, 4) is 22.6 Å². The van der Waals surface area contributed by atoms with Gasteiger partial charge in [-0.15, -0.1) is 0 Å². The summed E-state index contributed by atoms with van der Waals surface area (Å²) in [7, 11) is 0. The van der Waals surface area contributed by atoms with Crippen LogP contribution in [0.3, 0.4) is 0 Å². The van der Waals surface area contributed by atoms with E-state index in [4.69, 9.17) is 18.3 Å². The first-order chi connectivity index (χ1) is 31.8. The molecule has 2 aromatic heterocycles. The Morgan fingerprint density at radius 3 is 2.38 bits per heavy atom. The summed E-state index contributed by atoms with van der Waals surface area (Å²) in [6.07, 6.45) is 29.0. The summed E-state index contributed by atoms with van der Waals surface area (Å²) in [4.78, 5) is 25.0. The van der Waals surface area contributed by atoms with E-state index < -0.39 is 0 Å². The van der Waals surface area contributed by atoms with Crippen LogP contribution in [0.2, 0.25) is 0 Å². The van der Waals surface area contributed by atoms with Gasteiger partial charge in [-0.2, -0.15) is 0 Å². The van der Waals surface area contributed by atoms with Crippen molar-refractivity contribution in [3.05, 3.63) is 177 Å². The van der Waals surface area contributed by atoms with Gasteiger partial charge in [-0.3, -0.25) is 0 Å². The Kier molecular flexibility index (Phi) is 9.19. The number of allylic oxidation sites excluding steroid dienone is 7. The highest BCUT2D eigenvalue weighted by Crippen LogP contribution is 2.71. The first kappa shape index (κ1) is 39.2. The molecule has 0 aliphatic heterocycles. The Balaban J connectivity index is 0.671. The molecule has 0 saturated heterocycles. The fraction of sp³-hybridized carbons (Fsp3) is 0.356. The fourth-order valence-corrected chi connectivity index (χ4v) is 14.1. The molecule has 6 nitrogen and oxygen atoms in total. The molecule has 6 bridgehead atoms. The standard InChI is InChI=1S/C59H54O6/c60-56-17-13-40-12-14-49(29-54(40)64-56)63-35-46-34-58(21-19-44(46)33-58)59-22-18-38(32-59)26-47(59)20-23-62-48-15-16-51-53(31-57(61)65-55(51)30-48)50-3-1-2-43-27-45(28-52(43)50)39-8-4-36(5-9-39)6-10-41-24-37-7-11-42(41)25-37/h1-5,7-9,11-19,21-22,27,29-31,37-38,41-42,44,46-47H,6,10,20,23-26,28,32-35H2. The number of benzene rings is 4. The Hall–Kier alpha value is -6.14. The normalized spacial score (nSPS) is 29.7. The Morgan fingerprint density at radius 2 is 1.51 bits per heavy atom. The summed E-state index contributed by atoms with van der Waals surface area (Å²) in [5.41, 5.74) is 9.12. The summed E-state index contributed by atoms with van der Waals surface area (Å²) >= 11 is 0. The predicted molar refractivity (Wildman–Crippen MR) is 257 cm³/mol. The lowest BCUT2D eigenvalue weighted by atomic mass is 9.57. The fourth-order valence-electron chi connectivity index (χ4n) is 14.1. The largest absolute Gasteiger partial charge is 0.493 e. The van der Waals surface area contributed by atoms with Crippen molar-refractivity contribution in [1.29, 1.82) is 0 Å². The van der Waals surface area contributed by atoms with Gasteiger partial charge in [0.1, 0.15) is 22.7 Å². The predicted octanol–water partition coefficient (Wildman–Crippen LogP) is 12.8. The maximum absolute atomic E-state index is 13.2. The van der Waals surface area contributed by atoms with Crippen LogP contribution < -0.4 is 20.7 Å². The lowest BCUT2D eigenvalue weighted by molar-refractivity contribution is 0.0754. The van der Waals surface area contributed by atoms with Gasteiger partial charge in [0.25, 0.3) is 0 Å². The molecule has 0 spiro atoms. The molecular formula is C59H54O6. The molecule has 7 aliphatic rings. The van der Waals surface area contributed by atoms with Crippen LogP contribution in [0.25, 0.3) is 44.7 Å². The van der Waals surface area contributed by atoms with Crippen molar-refractivity contribution < 1.29 is 18.3 Å². The molecule has 9 atom stereocenters. The molecule has 2 heterocycles. The van der Waals surface area contributed by atoms with E-state index >= 15 is 0 Å². The lowest BCUT2D eigenvalue weighted by Crippen LogP contribution is -2.40. The third-order valence-corrected chi connectivity index (χ3v) is 17.3. The highest BCUT2D eigenvalue weighted by atomic mass is 16.5. The maximum Gasteiger partial charge on any atom is 0.336 e. The van der Waals surface area contributed by atoms with E-state index in [9.17, 15) is 9.59 Å². The molecule has 9 unspecified atom stereocenters. The van der Waals surface area contributed by atoms with E-state index in [1.54, 1.807) is 12.1 Å². The molecule has 6 heteroatoms. The smallest absolute Gasteiger partial charge is 0.336 e. The zero-order valence-electron chi connectivity index (χ0n) is 36.8. The number of hydrogen-bond acceptors (Lipinski definition) is 6. The third kappa shape index (κ3) is 6.72. The van der Waals surface area contributed by atoms with Gasteiger partial charge in [-0.25, -0.2) is 9.59 Å². The van der Waals surface area contributed by atoms with E-state index in [-0.39, 0.29) is 22.1 Å². The van der Waals surface area contributed by atoms with Gasteiger partial charge in [-0.05, 0) is 169 Å². The molecule has 6 aromatic rings. The minimum absolute atomic E-state index is 0.124. The monoisotopic (exact) mass is 858 g/mol. The summed E-state index contributed by atoms with van der Waals surface area (Å²) < 4.78 is 24.2. The Labute approximate surface area is 379 Å². The summed E-state index contributed by atoms with van der Waals surface area (Å²) in [5, 5.41) is 1.81. The SMILES string of the molecule is O=c1ccc2ccc(OCC3CC4(C56C=CC(CC5CCOc5ccc7c(-c8cccc9c8CC(c8ccc(CCC%10CC%11C=CC%10C%11)cc8)=C9)cc(=O)oc7c5)C6)C=CC3C4)cc2o1. The van der Waals surface area contributed by atoms with Gasteiger partial charge in [-0.1, -0.05) is 85.0 Å². The summed E-state index contributed by atoms with van der Waals surface area (Å²) in [6.45, 7) is 1.26. The van der Waals surface area contributed by atoms with Crippen molar-refractivity contribution in [2.24, 2.45) is 52.3 Å². The van der Waals surface area contributed by atoms with E-state index in [0.717, 1.165) is 76.8 Å². The van der Waals surface area contributed by atoms with Crippen molar-refractivity contribution >= 4 is 33.6 Å². The van der Waals surface area contributed by atoms with E-state index in [0.29, 0.717) is 48.1 Å². The number of aryl methyl sites for hydroxylation is 1. The van der Waals surface area contributed by atoms with E-state index in [1.165, 1.54) is 72.4 Å². The summed E-state index contributed by atoms with van der Waals surface area (Å²) in [5.74, 6) is 6.05. The molecule has 0 radical (unpaired) electrons. The Bertz CT molecular complexity index is 3130. The van der Waals surface area contributed by atoms with Gasteiger partial charge >= 0.3 is 11.3 Å². The molecule has 3 fully saturated rings. The van der Waals surface area contributed by atoms with Gasteiger partial charge in [0.2, 0.25) is 0 Å². The van der Waals surface area contributed by atoms with Crippen molar-refractivity contribution in [2.45, 2.75) is 64.2 Å². The van der Waals surface area contributed by atoms with Gasteiger partial charge in [0.05, 0.1) is 13.2 Å². The van der Waals surface area contributed by atoms with Crippen LogP contribution in [-0.4, -0.2) is 13.2 Å². The van der Waals surface area contributed by atoms with Crippen LogP contribution in [0.4, 0.5) is 0 Å². The zero-order chi connectivity index (χ0) is 43.3. The molecule has 13 rings (SSSR count). The second-order valence-corrected chi connectivity index (χ2v) is 20.7. The lowest BCUT2D eigenvalue weighted by Gasteiger charge is -2.47. The summed E-state index contributed by atoms with van der Waals surface area (Å²) in [6, 6.07) is 32.4. The maximum atomic E-state index is 13.2. The van der Waals surface area contributed by atoms with Crippen LogP contribution in [0.5, 0.6) is 11.5 Å². The highest BCUT2D eigenvalue weighted by Gasteiger charge is 2.64. The van der Waals surface area contributed by atoms with Gasteiger partial charge in [0.15, 0.2) is 0 Å². The minimum Gasteiger partial charge on any atom is -0.493 e. The quantitative estimate of drug-likeness (QED) is 0.0850. The molecule has 0 amide bonds. The molecular weight excluding hydrogens is 805 g/mol. The minimum atomic E-state index is -0.353. The van der Waals surface area contributed by atoms with Gasteiger partial charge < -0.3 is 18.3 Å². The second kappa shape index (κ2) is 15.2. The van der Waals surface area contributed by atoms with E-state index in [2.05, 4.69) is 91.1 Å². The third-order valence-electron chi connectivity index (χ3n) is 17.3. The highest BCUT2D eigenvalue weighted by molar-refractivity contribution is 5.98. The molecule has 0 N–H and O–H groups in total. The van der Waals surface area contributed by atoms with Crippen LogP contribution in [0, 0.1) is 52.3 Å². The molecule has 7 aliphatic carbocycles. The van der Waals surface area contributed by atoms with Crippen LogP contribution >= 0.6 is 0 Å². The first-order valence-corrected chi connectivity index (χ1v) is 24.2. The van der Waals surface area contributed by atoms with Crippen LogP contribution in [0.1, 0.15) is 73.6 Å². The van der Waals surface area contributed by atoms with Crippen molar-refractivity contribution in [2.75, 3.05) is 13.2 Å². The van der Waals surface area contributed by atoms with Crippen molar-refractivity contribution in [1.82, 2.24) is 0 Å². The molecule has 3 saturated carbocycles. The number of hydrogen-bond donors (Lipinski definition) is 0. The van der Waals surface area contributed by atoms with E-state index in [1.807, 2.05) is 30.3 Å². The number of fused-ring (bicyclic) bond motifs is 10.